The first-order chi connectivity index (χ1) is 8.67. The Morgan fingerprint density at radius 2 is 2.33 bits per heavy atom. The minimum Gasteiger partial charge on any atom is -0.507 e. The van der Waals surface area contributed by atoms with E-state index in [1.54, 1.807) is 6.07 Å². The van der Waals surface area contributed by atoms with Crippen LogP contribution in [-0.4, -0.2) is 37.6 Å². The van der Waals surface area contributed by atoms with Gasteiger partial charge in [0.15, 0.2) is 6.29 Å². The maximum absolute atomic E-state index is 11.5. The highest BCUT2D eigenvalue weighted by Crippen LogP contribution is 2.33. The molecule has 1 heterocycles. The molecule has 1 saturated heterocycles. The molecule has 1 unspecified atom stereocenters. The van der Waals surface area contributed by atoms with Crippen LogP contribution < -0.4 is 5.32 Å². The fourth-order valence-corrected chi connectivity index (χ4v) is 2.24. The molecule has 96 valence electrons. The number of hydrogen-bond acceptors (Lipinski definition) is 5. The van der Waals surface area contributed by atoms with Gasteiger partial charge < -0.3 is 15.2 Å². The van der Waals surface area contributed by atoms with Gasteiger partial charge in [-0.2, -0.15) is 0 Å². The molecule has 1 aromatic carbocycles. The van der Waals surface area contributed by atoms with Crippen LogP contribution in [-0.2, 0) is 4.74 Å². The quantitative estimate of drug-likeness (QED) is 0.619. The van der Waals surface area contributed by atoms with Gasteiger partial charge in [0.1, 0.15) is 5.75 Å². The molecule has 5 nitrogen and oxygen atoms in total. The number of aromatic hydroxyl groups is 1. The van der Waals surface area contributed by atoms with E-state index in [0.29, 0.717) is 17.4 Å². The van der Waals surface area contributed by atoms with Gasteiger partial charge in [0.05, 0.1) is 18.2 Å². The Bertz CT molecular complexity index is 478. The summed E-state index contributed by atoms with van der Waals surface area (Å²) < 4.78 is 4.64. The molecule has 0 spiro atoms. The van der Waals surface area contributed by atoms with E-state index in [1.807, 2.05) is 0 Å². The number of phenols is 1. The van der Waals surface area contributed by atoms with E-state index in [0.717, 1.165) is 19.5 Å². The lowest BCUT2D eigenvalue weighted by atomic mass is 9.93. The number of hydrogen-bond donors (Lipinski definition) is 2. The summed E-state index contributed by atoms with van der Waals surface area (Å²) in [6.07, 6.45) is 1.42. The van der Waals surface area contributed by atoms with Gasteiger partial charge in [0, 0.05) is 12.5 Å². The van der Waals surface area contributed by atoms with E-state index in [9.17, 15) is 14.7 Å². The highest BCUT2D eigenvalue weighted by atomic mass is 16.5. The molecule has 0 aromatic heterocycles. The van der Waals surface area contributed by atoms with Crippen LogP contribution in [0.15, 0.2) is 12.1 Å². The zero-order valence-corrected chi connectivity index (χ0v) is 10.1. The standard InChI is InChI=1S/C13H15NO4/c1-18-13(17)9-4-10(7-15)12(16)11(5-9)8-2-3-14-6-8/h4-5,7-8,14,16H,2-3,6H2,1H3. The Balaban J connectivity index is 2.49. The monoisotopic (exact) mass is 249 g/mol. The maximum Gasteiger partial charge on any atom is 0.337 e. The number of nitrogens with one attached hydrogen (secondary N) is 1. The Morgan fingerprint density at radius 1 is 1.56 bits per heavy atom. The Morgan fingerprint density at radius 3 is 2.89 bits per heavy atom. The molecule has 1 atom stereocenters. The van der Waals surface area contributed by atoms with E-state index < -0.39 is 5.97 Å². The topological polar surface area (TPSA) is 75.6 Å². The van der Waals surface area contributed by atoms with Gasteiger partial charge in [0.25, 0.3) is 0 Å². The van der Waals surface area contributed by atoms with Crippen molar-refractivity contribution in [3.63, 3.8) is 0 Å². The summed E-state index contributed by atoms with van der Waals surface area (Å²) in [5, 5.41) is 13.2. The number of phenolic OH excluding ortho intramolecular Hbond substituents is 1. The van der Waals surface area contributed by atoms with Crippen LogP contribution in [0.5, 0.6) is 5.75 Å². The van der Waals surface area contributed by atoms with Crippen molar-refractivity contribution in [3.8, 4) is 5.75 Å². The average molecular weight is 249 g/mol. The molecule has 0 saturated carbocycles. The molecule has 1 aromatic rings. The van der Waals surface area contributed by atoms with Crippen LogP contribution in [0.2, 0.25) is 0 Å². The molecule has 2 rings (SSSR count). The van der Waals surface area contributed by atoms with Crippen LogP contribution in [0.25, 0.3) is 0 Å². The number of aldehydes is 1. The van der Waals surface area contributed by atoms with Gasteiger partial charge in [-0.1, -0.05) is 0 Å². The Kier molecular flexibility index (Phi) is 3.62. The van der Waals surface area contributed by atoms with Gasteiger partial charge in [-0.3, -0.25) is 4.79 Å². The van der Waals surface area contributed by atoms with Crippen molar-refractivity contribution < 1.29 is 19.4 Å². The van der Waals surface area contributed by atoms with Gasteiger partial charge in [-0.15, -0.1) is 0 Å². The summed E-state index contributed by atoms with van der Waals surface area (Å²) in [4.78, 5) is 22.5. The second kappa shape index (κ2) is 5.18. The smallest absolute Gasteiger partial charge is 0.337 e. The first kappa shape index (κ1) is 12.6. The summed E-state index contributed by atoms with van der Waals surface area (Å²) >= 11 is 0. The van der Waals surface area contributed by atoms with Crippen LogP contribution >= 0.6 is 0 Å². The predicted molar refractivity (Wildman–Crippen MR) is 65.1 cm³/mol. The van der Waals surface area contributed by atoms with E-state index in [-0.39, 0.29) is 17.2 Å². The zero-order valence-electron chi connectivity index (χ0n) is 10.1. The summed E-state index contributed by atoms with van der Waals surface area (Å²) in [5.41, 5.74) is 1.05. The molecular weight excluding hydrogens is 234 g/mol. The molecule has 1 aliphatic heterocycles. The third kappa shape index (κ3) is 2.22. The van der Waals surface area contributed by atoms with E-state index in [1.165, 1.54) is 13.2 Å². The number of ether oxygens (including phenoxy) is 1. The molecule has 1 aliphatic rings. The van der Waals surface area contributed by atoms with Gasteiger partial charge in [-0.05, 0) is 30.7 Å². The molecule has 2 N–H and O–H groups in total. The van der Waals surface area contributed by atoms with E-state index in [2.05, 4.69) is 10.1 Å². The number of carbonyl (C=O) groups excluding carboxylic acids is 2. The van der Waals surface area contributed by atoms with Crippen molar-refractivity contribution in [3.05, 3.63) is 28.8 Å². The summed E-state index contributed by atoms with van der Waals surface area (Å²) in [6, 6.07) is 2.95. The van der Waals surface area contributed by atoms with E-state index in [4.69, 9.17) is 0 Å². The van der Waals surface area contributed by atoms with E-state index >= 15 is 0 Å². The second-order valence-corrected chi connectivity index (χ2v) is 4.30. The van der Waals surface area contributed by atoms with Crippen molar-refractivity contribution in [2.75, 3.05) is 20.2 Å². The highest BCUT2D eigenvalue weighted by molar-refractivity contribution is 5.93. The molecular formula is C13H15NO4. The van der Waals surface area contributed by atoms with Crippen LogP contribution in [0.1, 0.15) is 38.6 Å². The number of carbonyl (C=O) groups is 2. The molecule has 0 radical (unpaired) electrons. The van der Waals surface area contributed by atoms with Crippen molar-refractivity contribution in [2.45, 2.75) is 12.3 Å². The number of esters is 1. The van der Waals surface area contributed by atoms with Crippen molar-refractivity contribution in [1.82, 2.24) is 5.32 Å². The van der Waals surface area contributed by atoms with Crippen molar-refractivity contribution >= 4 is 12.3 Å². The number of benzene rings is 1. The molecule has 0 bridgehead atoms. The third-order valence-electron chi connectivity index (χ3n) is 3.22. The SMILES string of the molecule is COC(=O)c1cc(C=O)c(O)c(C2CCNC2)c1. The van der Waals surface area contributed by atoms with Crippen LogP contribution in [0, 0.1) is 0 Å². The first-order valence-corrected chi connectivity index (χ1v) is 5.78. The van der Waals surface area contributed by atoms with Crippen molar-refractivity contribution in [2.24, 2.45) is 0 Å². The van der Waals surface area contributed by atoms with Crippen LogP contribution in [0.3, 0.4) is 0 Å². The largest absolute Gasteiger partial charge is 0.507 e. The maximum atomic E-state index is 11.5. The van der Waals surface area contributed by atoms with Gasteiger partial charge in [0.2, 0.25) is 0 Å². The molecule has 0 aliphatic carbocycles. The van der Waals surface area contributed by atoms with Crippen molar-refractivity contribution in [1.29, 1.82) is 0 Å². The fraction of sp³-hybridized carbons (Fsp3) is 0.385. The Labute approximate surface area is 105 Å². The van der Waals surface area contributed by atoms with Crippen LogP contribution in [0.4, 0.5) is 0 Å². The predicted octanol–water partition coefficient (Wildman–Crippen LogP) is 1.07. The Hall–Kier alpha value is -1.88. The minimum atomic E-state index is -0.509. The average Bonchev–Trinajstić information content (AvgIpc) is 2.92. The number of rotatable bonds is 3. The molecule has 18 heavy (non-hydrogen) atoms. The molecule has 0 amide bonds. The molecule has 1 fully saturated rings. The highest BCUT2D eigenvalue weighted by Gasteiger charge is 2.23. The lowest BCUT2D eigenvalue weighted by molar-refractivity contribution is 0.0600. The molecule has 5 heteroatoms. The van der Waals surface area contributed by atoms with Gasteiger partial charge in [-0.25, -0.2) is 4.79 Å². The number of methoxy groups -OCH3 is 1. The lowest BCUT2D eigenvalue weighted by Crippen LogP contribution is -2.10. The zero-order chi connectivity index (χ0) is 13.1. The summed E-state index contributed by atoms with van der Waals surface area (Å²) in [6.45, 7) is 1.60. The normalized spacial score (nSPS) is 18.6. The third-order valence-corrected chi connectivity index (χ3v) is 3.22. The van der Waals surface area contributed by atoms with Gasteiger partial charge >= 0.3 is 5.97 Å². The first-order valence-electron chi connectivity index (χ1n) is 5.78. The summed E-state index contributed by atoms with van der Waals surface area (Å²) in [5.74, 6) is -0.426. The minimum absolute atomic E-state index is 0.0358. The second-order valence-electron chi connectivity index (χ2n) is 4.30. The summed E-state index contributed by atoms with van der Waals surface area (Å²) in [7, 11) is 1.28. The fourth-order valence-electron chi connectivity index (χ4n) is 2.24. The lowest BCUT2D eigenvalue weighted by Gasteiger charge is -2.14.